The Morgan fingerprint density at radius 3 is 1.69 bits per heavy atom. The number of hydrogen-bond donors (Lipinski definition) is 0. The number of hydrogen-bond acceptors (Lipinski definition) is 0. The molecule has 0 saturated heterocycles. The van der Waals surface area contributed by atoms with E-state index in [0.717, 1.165) is 0 Å². The van der Waals surface area contributed by atoms with Gasteiger partial charge in [0.25, 0.3) is 0 Å². The molecule has 0 aromatic rings. The maximum atomic E-state index is 6.94. The molecule has 1 aliphatic carbocycles. The van der Waals surface area contributed by atoms with Crippen LogP contribution >= 0.6 is 24.8 Å². The second kappa shape index (κ2) is 13.2. The Labute approximate surface area is 114 Å². The first-order valence-electron chi connectivity index (χ1n) is 3.80. The molecule has 0 aromatic heterocycles. The molecule has 0 unspecified atom stereocenters. The Balaban J connectivity index is -0.0000000506. The summed E-state index contributed by atoms with van der Waals surface area (Å²) in [4.78, 5) is 0. The van der Waals surface area contributed by atoms with Gasteiger partial charge in [0.2, 0.25) is 0 Å². The molecular weight excluding hydrogens is 284 g/mol. The zero-order chi connectivity index (χ0) is 8.04. The van der Waals surface area contributed by atoms with Crippen molar-refractivity contribution in [3.63, 3.8) is 0 Å². The van der Waals surface area contributed by atoms with Crippen molar-refractivity contribution in [3.8, 4) is 0 Å². The second-order valence-electron chi connectivity index (χ2n) is 3.55. The SMILES string of the molecule is CC(C)(C)[NH-].Cl.Cl.[C-]1=CCCC1.[Zr+2]. The molecule has 1 aliphatic rings. The maximum absolute atomic E-state index is 6.94. The van der Waals surface area contributed by atoms with Gasteiger partial charge in [-0.1, -0.05) is 33.6 Å². The second-order valence-corrected chi connectivity index (χ2v) is 3.55. The van der Waals surface area contributed by atoms with Crippen LogP contribution in [-0.4, -0.2) is 5.54 Å². The van der Waals surface area contributed by atoms with Crippen LogP contribution in [0, 0.1) is 6.08 Å². The van der Waals surface area contributed by atoms with E-state index >= 15 is 0 Å². The van der Waals surface area contributed by atoms with Crippen molar-refractivity contribution in [2.24, 2.45) is 0 Å². The Hall–Kier alpha value is 1.16. The number of rotatable bonds is 0. The van der Waals surface area contributed by atoms with Crippen molar-refractivity contribution in [1.82, 2.24) is 0 Å². The van der Waals surface area contributed by atoms with E-state index in [0.29, 0.717) is 0 Å². The summed E-state index contributed by atoms with van der Waals surface area (Å²) in [5.74, 6) is 0. The van der Waals surface area contributed by atoms with Gasteiger partial charge in [0.05, 0.1) is 0 Å². The topological polar surface area (TPSA) is 23.8 Å². The molecule has 0 aromatic carbocycles. The Bertz CT molecular complexity index is 98.7. The van der Waals surface area contributed by atoms with Crippen molar-refractivity contribution in [1.29, 1.82) is 0 Å². The summed E-state index contributed by atoms with van der Waals surface area (Å²) in [6.07, 6.45) is 9.00. The van der Waals surface area contributed by atoms with Crippen molar-refractivity contribution < 1.29 is 26.2 Å². The predicted octanol–water partition coefficient (Wildman–Crippen LogP) is 4.21. The molecule has 0 aliphatic heterocycles. The van der Waals surface area contributed by atoms with Crippen molar-refractivity contribution in [3.05, 3.63) is 17.9 Å². The largest absolute Gasteiger partial charge is 2.00 e. The van der Waals surface area contributed by atoms with Crippen LogP contribution < -0.4 is 0 Å². The minimum atomic E-state index is -0.250. The fourth-order valence-corrected chi connectivity index (χ4v) is 0.510. The van der Waals surface area contributed by atoms with Crippen LogP contribution in [0.3, 0.4) is 0 Å². The molecule has 1 nitrogen and oxygen atoms in total. The smallest absolute Gasteiger partial charge is 0.673 e. The molecule has 1 rings (SSSR count). The van der Waals surface area contributed by atoms with Crippen LogP contribution in [-0.2, 0) is 26.2 Å². The molecule has 78 valence electrons. The summed E-state index contributed by atoms with van der Waals surface area (Å²) < 4.78 is 0. The first kappa shape index (κ1) is 23.8. The Kier molecular flexibility index (Phi) is 24.1. The molecule has 0 spiro atoms. The van der Waals surface area contributed by atoms with Gasteiger partial charge < -0.3 is 11.8 Å². The van der Waals surface area contributed by atoms with Gasteiger partial charge in [0.1, 0.15) is 0 Å². The molecule has 0 radical (unpaired) electrons. The molecular formula is C9H19Cl2NZr. The average Bonchev–Trinajstić information content (AvgIpc) is 2.07. The van der Waals surface area contributed by atoms with E-state index < -0.39 is 0 Å². The van der Waals surface area contributed by atoms with E-state index in [9.17, 15) is 0 Å². The third-order valence-corrected chi connectivity index (χ3v) is 0.814. The molecule has 0 heterocycles. The van der Waals surface area contributed by atoms with Crippen LogP contribution in [0.15, 0.2) is 6.08 Å². The van der Waals surface area contributed by atoms with Crippen LogP contribution in [0.2, 0.25) is 0 Å². The van der Waals surface area contributed by atoms with Crippen LogP contribution in [0.4, 0.5) is 0 Å². The molecule has 0 atom stereocenters. The zero-order valence-corrected chi connectivity index (χ0v) is 12.6. The van der Waals surface area contributed by atoms with Gasteiger partial charge in [-0.25, -0.2) is 0 Å². The summed E-state index contributed by atoms with van der Waals surface area (Å²) in [5, 5.41) is 0. The number of allylic oxidation sites excluding steroid dienone is 2. The van der Waals surface area contributed by atoms with E-state index in [1.54, 1.807) is 0 Å². The van der Waals surface area contributed by atoms with E-state index in [1.807, 2.05) is 20.8 Å². The summed E-state index contributed by atoms with van der Waals surface area (Å²) in [7, 11) is 0. The van der Waals surface area contributed by atoms with Crippen molar-refractivity contribution >= 4 is 24.8 Å². The van der Waals surface area contributed by atoms with E-state index in [2.05, 4.69) is 12.2 Å². The summed E-state index contributed by atoms with van der Waals surface area (Å²) in [6.45, 7) is 5.56. The third-order valence-electron chi connectivity index (χ3n) is 0.814. The normalized spacial score (nSPS) is 12.6. The molecule has 0 amide bonds. The monoisotopic (exact) mass is 301 g/mol. The minimum absolute atomic E-state index is 0. The van der Waals surface area contributed by atoms with Gasteiger partial charge in [0.15, 0.2) is 0 Å². The number of nitrogens with one attached hydrogen (secondary N) is 1. The first-order valence-corrected chi connectivity index (χ1v) is 3.80. The Morgan fingerprint density at radius 2 is 1.62 bits per heavy atom. The summed E-state index contributed by atoms with van der Waals surface area (Å²) in [6, 6.07) is 0. The Morgan fingerprint density at radius 1 is 1.23 bits per heavy atom. The number of halogens is 2. The van der Waals surface area contributed by atoms with Crippen LogP contribution in [0.5, 0.6) is 0 Å². The van der Waals surface area contributed by atoms with E-state index in [-0.39, 0.29) is 56.6 Å². The van der Waals surface area contributed by atoms with Gasteiger partial charge in [-0.15, -0.1) is 30.4 Å². The van der Waals surface area contributed by atoms with Crippen molar-refractivity contribution in [2.75, 3.05) is 0 Å². The maximum Gasteiger partial charge on any atom is 2.00 e. The molecule has 0 bridgehead atoms. The van der Waals surface area contributed by atoms with Crippen LogP contribution in [0.25, 0.3) is 5.73 Å². The molecule has 1 N–H and O–H groups in total. The molecule has 4 heteroatoms. The third kappa shape index (κ3) is 43.2. The molecule has 0 fully saturated rings. The fourth-order valence-electron chi connectivity index (χ4n) is 0.510. The summed E-state index contributed by atoms with van der Waals surface area (Å²) >= 11 is 0. The van der Waals surface area contributed by atoms with Gasteiger partial charge in [-0.2, -0.15) is 6.42 Å². The van der Waals surface area contributed by atoms with Gasteiger partial charge >= 0.3 is 26.2 Å². The van der Waals surface area contributed by atoms with Gasteiger partial charge in [0, 0.05) is 0 Å². The molecule has 13 heavy (non-hydrogen) atoms. The van der Waals surface area contributed by atoms with Gasteiger partial charge in [-0.05, 0) is 0 Å². The van der Waals surface area contributed by atoms with E-state index in [1.165, 1.54) is 19.3 Å². The van der Waals surface area contributed by atoms with E-state index in [4.69, 9.17) is 5.73 Å². The standard InChI is InChI=1S/C5H7.C4H10N.2ClH.Zr/c1-2-4-5-3-1;1-4(2,3)5;;;/h1H,2,4-5H2;5H,1-3H3;2*1H;/q2*-1;;;+2. The zero-order valence-electron chi connectivity index (χ0n) is 8.52. The molecule has 0 saturated carbocycles. The first-order chi connectivity index (χ1) is 4.50. The predicted molar refractivity (Wildman–Crippen MR) is 60.2 cm³/mol. The fraction of sp³-hybridized carbons (Fsp3) is 0.778. The average molecular weight is 303 g/mol. The van der Waals surface area contributed by atoms with Crippen LogP contribution in [0.1, 0.15) is 40.0 Å². The van der Waals surface area contributed by atoms with Crippen molar-refractivity contribution in [2.45, 2.75) is 45.6 Å². The minimum Gasteiger partial charge on any atom is -0.673 e. The summed E-state index contributed by atoms with van der Waals surface area (Å²) in [5.41, 5.74) is 6.69. The quantitative estimate of drug-likeness (QED) is 0.599. The van der Waals surface area contributed by atoms with Gasteiger partial charge in [-0.3, -0.25) is 6.08 Å².